The number of halogens is 1. The fraction of sp³-hybridized carbons (Fsp3) is 0.500. The van der Waals surface area contributed by atoms with Gasteiger partial charge in [0.15, 0.2) is 0 Å². The van der Waals surface area contributed by atoms with Gasteiger partial charge in [-0.15, -0.1) is 12.4 Å². The largest absolute Gasteiger partial charge is 0.497 e. The number of likely N-dealkylation sites (tertiary alicyclic amines) is 1. The number of hydrogen-bond donors (Lipinski definition) is 1. The molecule has 1 heterocycles. The first-order valence-corrected chi connectivity index (χ1v) is 6.36. The summed E-state index contributed by atoms with van der Waals surface area (Å²) in [6.45, 7) is 2.09. The molecule has 0 saturated carbocycles. The van der Waals surface area contributed by atoms with E-state index in [0.29, 0.717) is 18.9 Å². The van der Waals surface area contributed by atoms with Crippen molar-refractivity contribution in [3.05, 3.63) is 29.8 Å². The highest BCUT2D eigenvalue weighted by Crippen LogP contribution is 2.28. The Hall–Kier alpha value is -1.26. The van der Waals surface area contributed by atoms with Crippen molar-refractivity contribution >= 4 is 18.3 Å². The highest BCUT2D eigenvalue weighted by atomic mass is 35.5. The topological polar surface area (TPSA) is 55.6 Å². The van der Waals surface area contributed by atoms with Crippen LogP contribution < -0.4 is 10.5 Å². The van der Waals surface area contributed by atoms with E-state index in [2.05, 4.69) is 12.1 Å². The number of hydrogen-bond acceptors (Lipinski definition) is 3. The fourth-order valence-electron chi connectivity index (χ4n) is 2.42. The number of amides is 1. The van der Waals surface area contributed by atoms with Crippen molar-refractivity contribution < 1.29 is 9.53 Å². The average Bonchev–Trinajstić information content (AvgIpc) is 2.89. The fourth-order valence-corrected chi connectivity index (χ4v) is 2.42. The van der Waals surface area contributed by atoms with E-state index in [-0.39, 0.29) is 18.3 Å². The maximum absolute atomic E-state index is 11.7. The summed E-state index contributed by atoms with van der Waals surface area (Å²) in [5, 5.41) is 0. The van der Waals surface area contributed by atoms with E-state index in [1.165, 1.54) is 5.56 Å². The number of rotatable bonds is 4. The van der Waals surface area contributed by atoms with E-state index in [4.69, 9.17) is 10.5 Å². The Morgan fingerprint density at radius 3 is 2.68 bits per heavy atom. The maximum Gasteiger partial charge on any atom is 0.223 e. The van der Waals surface area contributed by atoms with Crippen LogP contribution in [0.3, 0.4) is 0 Å². The predicted octanol–water partition coefficient (Wildman–Crippen LogP) is 1.78. The lowest BCUT2D eigenvalue weighted by Gasteiger charge is -2.16. The van der Waals surface area contributed by atoms with Gasteiger partial charge >= 0.3 is 0 Å². The lowest BCUT2D eigenvalue weighted by Crippen LogP contribution is -2.29. The van der Waals surface area contributed by atoms with Crippen molar-refractivity contribution in [3.63, 3.8) is 0 Å². The molecule has 5 heteroatoms. The zero-order valence-corrected chi connectivity index (χ0v) is 12.0. The Morgan fingerprint density at radius 2 is 2.11 bits per heavy atom. The van der Waals surface area contributed by atoms with Crippen LogP contribution in [0.1, 0.15) is 24.3 Å². The Morgan fingerprint density at radius 1 is 1.42 bits per heavy atom. The van der Waals surface area contributed by atoms with Crippen LogP contribution in [0.2, 0.25) is 0 Å². The molecule has 0 aliphatic carbocycles. The van der Waals surface area contributed by atoms with Gasteiger partial charge in [-0.2, -0.15) is 0 Å². The Bertz CT molecular complexity index is 408. The van der Waals surface area contributed by atoms with Crippen LogP contribution >= 0.6 is 12.4 Å². The molecule has 2 rings (SSSR count). The van der Waals surface area contributed by atoms with E-state index in [0.717, 1.165) is 25.3 Å². The molecule has 2 N–H and O–H groups in total. The Balaban J connectivity index is 0.00000180. The molecular formula is C14H21ClN2O2. The van der Waals surface area contributed by atoms with Crippen LogP contribution in [0, 0.1) is 0 Å². The molecule has 19 heavy (non-hydrogen) atoms. The second-order valence-corrected chi connectivity index (χ2v) is 4.64. The van der Waals surface area contributed by atoms with Crippen molar-refractivity contribution in [1.29, 1.82) is 0 Å². The Kier molecular flexibility index (Phi) is 6.12. The van der Waals surface area contributed by atoms with Gasteiger partial charge in [0, 0.05) is 32.0 Å². The van der Waals surface area contributed by atoms with Crippen LogP contribution in [0.15, 0.2) is 24.3 Å². The van der Waals surface area contributed by atoms with Crippen molar-refractivity contribution in [2.24, 2.45) is 5.73 Å². The predicted molar refractivity (Wildman–Crippen MR) is 77.9 cm³/mol. The van der Waals surface area contributed by atoms with Crippen molar-refractivity contribution in [2.75, 3.05) is 26.7 Å². The third-order valence-corrected chi connectivity index (χ3v) is 3.49. The van der Waals surface area contributed by atoms with E-state index in [1.54, 1.807) is 7.11 Å². The van der Waals surface area contributed by atoms with E-state index in [1.807, 2.05) is 17.0 Å². The van der Waals surface area contributed by atoms with Gasteiger partial charge in [0.05, 0.1) is 7.11 Å². The van der Waals surface area contributed by atoms with Gasteiger partial charge in [0.2, 0.25) is 5.91 Å². The number of carbonyl (C=O) groups is 1. The molecule has 1 aliphatic heterocycles. The van der Waals surface area contributed by atoms with Gasteiger partial charge in [0.25, 0.3) is 0 Å². The first-order valence-electron chi connectivity index (χ1n) is 6.36. The lowest BCUT2D eigenvalue weighted by molar-refractivity contribution is -0.129. The zero-order chi connectivity index (χ0) is 13.0. The molecule has 4 nitrogen and oxygen atoms in total. The summed E-state index contributed by atoms with van der Waals surface area (Å²) in [6, 6.07) is 8.11. The van der Waals surface area contributed by atoms with Crippen molar-refractivity contribution in [3.8, 4) is 5.75 Å². The minimum atomic E-state index is 0. The molecule has 1 aromatic rings. The molecule has 0 radical (unpaired) electrons. The quantitative estimate of drug-likeness (QED) is 0.917. The van der Waals surface area contributed by atoms with Crippen LogP contribution in [-0.4, -0.2) is 37.6 Å². The monoisotopic (exact) mass is 284 g/mol. The molecule has 1 saturated heterocycles. The molecule has 1 fully saturated rings. The maximum atomic E-state index is 11.7. The molecule has 1 unspecified atom stereocenters. The van der Waals surface area contributed by atoms with Crippen LogP contribution in [0.25, 0.3) is 0 Å². The van der Waals surface area contributed by atoms with Gasteiger partial charge in [-0.25, -0.2) is 0 Å². The summed E-state index contributed by atoms with van der Waals surface area (Å²) in [7, 11) is 1.66. The molecule has 106 valence electrons. The molecule has 1 aliphatic rings. The average molecular weight is 285 g/mol. The van der Waals surface area contributed by atoms with Crippen LogP contribution in [0.4, 0.5) is 0 Å². The number of carbonyl (C=O) groups excluding carboxylic acids is 1. The van der Waals surface area contributed by atoms with Crippen molar-refractivity contribution in [1.82, 2.24) is 4.90 Å². The van der Waals surface area contributed by atoms with Gasteiger partial charge in [-0.1, -0.05) is 12.1 Å². The van der Waals surface area contributed by atoms with Gasteiger partial charge in [0.1, 0.15) is 5.75 Å². The first-order chi connectivity index (χ1) is 8.74. The number of benzene rings is 1. The molecule has 0 spiro atoms. The second-order valence-electron chi connectivity index (χ2n) is 4.64. The van der Waals surface area contributed by atoms with Crippen LogP contribution in [0.5, 0.6) is 5.75 Å². The second kappa shape index (κ2) is 7.36. The number of nitrogens with zero attached hydrogens (tertiary/aromatic N) is 1. The van der Waals surface area contributed by atoms with Gasteiger partial charge in [-0.3, -0.25) is 4.79 Å². The number of nitrogens with two attached hydrogens (primary N) is 1. The molecular weight excluding hydrogens is 264 g/mol. The Labute approximate surface area is 120 Å². The SMILES string of the molecule is COc1ccc(C2CCN(C(=O)CCN)C2)cc1.Cl. The molecule has 0 bridgehead atoms. The highest BCUT2D eigenvalue weighted by molar-refractivity contribution is 5.85. The van der Waals surface area contributed by atoms with E-state index >= 15 is 0 Å². The standard InChI is InChI=1S/C14H20N2O2.ClH/c1-18-13-4-2-11(3-5-13)12-7-9-16(10-12)14(17)6-8-15;/h2-5,12H,6-10,15H2,1H3;1H. The summed E-state index contributed by atoms with van der Waals surface area (Å²) >= 11 is 0. The summed E-state index contributed by atoms with van der Waals surface area (Å²) in [4.78, 5) is 13.7. The van der Waals surface area contributed by atoms with Crippen LogP contribution in [-0.2, 0) is 4.79 Å². The summed E-state index contributed by atoms with van der Waals surface area (Å²) in [6.07, 6.45) is 1.48. The molecule has 0 aromatic heterocycles. The zero-order valence-electron chi connectivity index (χ0n) is 11.2. The summed E-state index contributed by atoms with van der Waals surface area (Å²) in [5.41, 5.74) is 6.69. The molecule has 1 aromatic carbocycles. The minimum absolute atomic E-state index is 0. The third kappa shape index (κ3) is 3.85. The third-order valence-electron chi connectivity index (χ3n) is 3.49. The van der Waals surface area contributed by atoms with Gasteiger partial charge in [-0.05, 0) is 24.1 Å². The highest BCUT2D eigenvalue weighted by Gasteiger charge is 2.26. The minimum Gasteiger partial charge on any atom is -0.497 e. The molecule has 1 atom stereocenters. The van der Waals surface area contributed by atoms with Gasteiger partial charge < -0.3 is 15.4 Å². The van der Waals surface area contributed by atoms with E-state index in [9.17, 15) is 4.79 Å². The van der Waals surface area contributed by atoms with E-state index < -0.39 is 0 Å². The first kappa shape index (κ1) is 15.8. The number of ether oxygens (including phenoxy) is 1. The smallest absolute Gasteiger partial charge is 0.223 e. The summed E-state index contributed by atoms with van der Waals surface area (Å²) in [5.74, 6) is 1.49. The normalized spacial score (nSPS) is 18.0. The van der Waals surface area contributed by atoms with Crippen molar-refractivity contribution in [2.45, 2.75) is 18.8 Å². The lowest BCUT2D eigenvalue weighted by atomic mass is 9.98. The summed E-state index contributed by atoms with van der Waals surface area (Å²) < 4.78 is 5.14. The number of methoxy groups -OCH3 is 1. The molecule has 1 amide bonds.